The maximum atomic E-state index is 3.90. The van der Waals surface area contributed by atoms with Crippen LogP contribution in [0.5, 0.6) is 0 Å². The highest BCUT2D eigenvalue weighted by atomic mass is 14.9. The lowest BCUT2D eigenvalue weighted by Gasteiger charge is -2.38. The van der Waals surface area contributed by atoms with Crippen molar-refractivity contribution in [3.05, 3.63) is 0 Å². The highest BCUT2D eigenvalue weighted by Gasteiger charge is 2.37. The summed E-state index contributed by atoms with van der Waals surface area (Å²) in [5.74, 6) is 1.02. The fourth-order valence-corrected chi connectivity index (χ4v) is 4.22. The summed E-state index contributed by atoms with van der Waals surface area (Å²) in [4.78, 5) is 0. The van der Waals surface area contributed by atoms with E-state index in [1.807, 2.05) is 0 Å². The normalized spacial score (nSPS) is 26.3. The molecule has 2 aliphatic carbocycles. The summed E-state index contributed by atoms with van der Waals surface area (Å²) in [6.45, 7) is 6.06. The van der Waals surface area contributed by atoms with E-state index in [1.54, 1.807) is 0 Å². The fourth-order valence-electron chi connectivity index (χ4n) is 4.22. The Morgan fingerprint density at radius 1 is 1.06 bits per heavy atom. The first-order valence-corrected chi connectivity index (χ1v) is 8.48. The van der Waals surface area contributed by atoms with Crippen LogP contribution in [0.3, 0.4) is 0 Å². The van der Waals surface area contributed by atoms with E-state index >= 15 is 0 Å². The van der Waals surface area contributed by atoms with Gasteiger partial charge in [0.2, 0.25) is 0 Å². The summed E-state index contributed by atoms with van der Waals surface area (Å²) < 4.78 is 0. The highest BCUT2D eigenvalue weighted by molar-refractivity contribution is 4.92. The van der Waals surface area contributed by atoms with E-state index < -0.39 is 0 Å². The van der Waals surface area contributed by atoms with E-state index in [2.05, 4.69) is 19.2 Å². The molecule has 1 unspecified atom stereocenters. The van der Waals surface area contributed by atoms with Crippen molar-refractivity contribution in [1.29, 1.82) is 0 Å². The third-order valence-corrected chi connectivity index (χ3v) is 5.52. The second-order valence-electron chi connectivity index (χ2n) is 7.11. The maximum absolute atomic E-state index is 3.90. The van der Waals surface area contributed by atoms with Crippen molar-refractivity contribution in [2.75, 3.05) is 6.54 Å². The molecule has 0 aromatic carbocycles. The molecule has 0 bridgehead atoms. The van der Waals surface area contributed by atoms with E-state index in [1.165, 1.54) is 77.2 Å². The van der Waals surface area contributed by atoms with Gasteiger partial charge < -0.3 is 5.32 Å². The van der Waals surface area contributed by atoms with Gasteiger partial charge in [0.25, 0.3) is 0 Å². The topological polar surface area (TPSA) is 12.0 Å². The van der Waals surface area contributed by atoms with Crippen LogP contribution in [-0.4, -0.2) is 12.6 Å². The maximum Gasteiger partial charge on any atom is 0.0123 e. The second kappa shape index (κ2) is 6.93. The smallest absolute Gasteiger partial charge is 0.0123 e. The molecular weight excluding hydrogens is 218 g/mol. The van der Waals surface area contributed by atoms with Gasteiger partial charge in [-0.2, -0.15) is 0 Å². The second-order valence-corrected chi connectivity index (χ2v) is 7.11. The molecule has 1 nitrogen and oxygen atoms in total. The summed E-state index contributed by atoms with van der Waals surface area (Å²) in [5, 5.41) is 3.90. The van der Waals surface area contributed by atoms with Crippen LogP contribution in [0, 0.1) is 11.3 Å². The molecule has 2 saturated carbocycles. The first-order valence-electron chi connectivity index (χ1n) is 8.48. The molecule has 0 heterocycles. The highest BCUT2D eigenvalue weighted by Crippen LogP contribution is 2.43. The SMILES string of the molecule is CCCNC(CC1CCCCC1)C1(C)CCCC1. The standard InChI is InChI=1S/C17H33N/c1-3-13-18-16(17(2)11-7-8-12-17)14-15-9-5-4-6-10-15/h15-16,18H,3-14H2,1-2H3. The number of rotatable bonds is 6. The molecule has 0 saturated heterocycles. The van der Waals surface area contributed by atoms with Gasteiger partial charge in [0, 0.05) is 6.04 Å². The lowest BCUT2D eigenvalue weighted by atomic mass is 9.74. The van der Waals surface area contributed by atoms with Crippen LogP contribution in [-0.2, 0) is 0 Å². The molecule has 1 N–H and O–H groups in total. The van der Waals surface area contributed by atoms with Gasteiger partial charge in [-0.3, -0.25) is 0 Å². The molecule has 106 valence electrons. The molecule has 1 heteroatoms. The zero-order valence-corrected chi connectivity index (χ0v) is 12.6. The van der Waals surface area contributed by atoms with Crippen molar-refractivity contribution >= 4 is 0 Å². The fraction of sp³-hybridized carbons (Fsp3) is 1.00. The molecule has 18 heavy (non-hydrogen) atoms. The predicted octanol–water partition coefficient (Wildman–Crippen LogP) is 4.91. The van der Waals surface area contributed by atoms with Crippen LogP contribution in [0.2, 0.25) is 0 Å². The number of hydrogen-bond donors (Lipinski definition) is 1. The molecule has 0 aromatic heterocycles. The van der Waals surface area contributed by atoms with E-state index in [9.17, 15) is 0 Å². The minimum absolute atomic E-state index is 0.604. The molecule has 2 fully saturated rings. The average Bonchev–Trinajstić information content (AvgIpc) is 2.84. The van der Waals surface area contributed by atoms with Crippen LogP contribution in [0.25, 0.3) is 0 Å². The van der Waals surface area contributed by atoms with E-state index in [0.29, 0.717) is 5.41 Å². The first kappa shape index (κ1) is 14.4. The van der Waals surface area contributed by atoms with Crippen LogP contribution < -0.4 is 5.32 Å². The van der Waals surface area contributed by atoms with Crippen molar-refractivity contribution in [1.82, 2.24) is 5.32 Å². The van der Waals surface area contributed by atoms with Gasteiger partial charge in [0.15, 0.2) is 0 Å². The van der Waals surface area contributed by atoms with E-state index in [0.717, 1.165) is 12.0 Å². The molecule has 0 aliphatic heterocycles. The third kappa shape index (κ3) is 3.73. The van der Waals surface area contributed by atoms with Gasteiger partial charge in [0.1, 0.15) is 0 Å². The van der Waals surface area contributed by atoms with Crippen LogP contribution in [0.4, 0.5) is 0 Å². The number of hydrogen-bond acceptors (Lipinski definition) is 1. The third-order valence-electron chi connectivity index (χ3n) is 5.52. The summed E-state index contributed by atoms with van der Waals surface area (Å²) >= 11 is 0. The summed E-state index contributed by atoms with van der Waals surface area (Å²) in [6, 6.07) is 0.794. The molecular formula is C17H33N. The Bertz CT molecular complexity index is 224. The molecule has 0 spiro atoms. The molecule has 1 atom stereocenters. The van der Waals surface area contributed by atoms with Gasteiger partial charge in [0.05, 0.1) is 0 Å². The summed E-state index contributed by atoms with van der Waals surface area (Å²) in [7, 11) is 0. The van der Waals surface area contributed by atoms with E-state index in [-0.39, 0.29) is 0 Å². The van der Waals surface area contributed by atoms with Gasteiger partial charge in [-0.15, -0.1) is 0 Å². The zero-order valence-electron chi connectivity index (χ0n) is 12.6. The van der Waals surface area contributed by atoms with E-state index in [4.69, 9.17) is 0 Å². The molecule has 0 amide bonds. The van der Waals surface area contributed by atoms with Crippen LogP contribution in [0.1, 0.15) is 84.5 Å². The lowest BCUT2D eigenvalue weighted by molar-refractivity contribution is 0.172. The molecule has 0 aromatic rings. The van der Waals surface area contributed by atoms with Crippen molar-refractivity contribution < 1.29 is 0 Å². The van der Waals surface area contributed by atoms with Crippen molar-refractivity contribution in [2.45, 2.75) is 90.5 Å². The Balaban J connectivity index is 1.90. The van der Waals surface area contributed by atoms with Crippen LogP contribution >= 0.6 is 0 Å². The molecule has 2 rings (SSSR count). The van der Waals surface area contributed by atoms with Crippen LogP contribution in [0.15, 0.2) is 0 Å². The minimum Gasteiger partial charge on any atom is -0.313 e. The Hall–Kier alpha value is -0.0400. The largest absolute Gasteiger partial charge is 0.313 e. The molecule has 0 radical (unpaired) electrons. The monoisotopic (exact) mass is 251 g/mol. The summed E-state index contributed by atoms with van der Waals surface area (Å²) in [5.41, 5.74) is 0.604. The minimum atomic E-state index is 0.604. The van der Waals surface area contributed by atoms with Gasteiger partial charge >= 0.3 is 0 Å². The van der Waals surface area contributed by atoms with Gasteiger partial charge in [-0.25, -0.2) is 0 Å². The van der Waals surface area contributed by atoms with Gasteiger partial charge in [-0.05, 0) is 43.6 Å². The Kier molecular flexibility index (Phi) is 5.54. The average molecular weight is 251 g/mol. The quantitative estimate of drug-likeness (QED) is 0.707. The number of nitrogens with one attached hydrogen (secondary N) is 1. The zero-order chi connectivity index (χ0) is 12.8. The Morgan fingerprint density at radius 3 is 2.33 bits per heavy atom. The lowest BCUT2D eigenvalue weighted by Crippen LogP contribution is -2.44. The Morgan fingerprint density at radius 2 is 1.72 bits per heavy atom. The molecule has 2 aliphatic rings. The summed E-state index contributed by atoms with van der Waals surface area (Å²) in [6.07, 6.45) is 16.0. The first-order chi connectivity index (χ1) is 8.74. The van der Waals surface area contributed by atoms with Crippen molar-refractivity contribution in [3.8, 4) is 0 Å². The predicted molar refractivity (Wildman–Crippen MR) is 79.8 cm³/mol. The van der Waals surface area contributed by atoms with Gasteiger partial charge in [-0.1, -0.05) is 58.8 Å². The van der Waals surface area contributed by atoms with Crippen molar-refractivity contribution in [3.63, 3.8) is 0 Å². The van der Waals surface area contributed by atoms with Crippen molar-refractivity contribution in [2.24, 2.45) is 11.3 Å². The Labute approximate surface area is 114 Å².